The molecule has 8 unspecified atom stereocenters. The van der Waals surface area contributed by atoms with Crippen LogP contribution in [0.2, 0.25) is 12.6 Å². The van der Waals surface area contributed by atoms with Crippen molar-refractivity contribution in [3.05, 3.63) is 11.9 Å². The molecular formula is C91H182B2Br3F5O17P2. The maximum absolute atomic E-state index is 12.7. The number of hydrogen-bond donors (Lipinski definition) is 6. The Labute approximate surface area is 759 Å². The number of allylic oxidation sites excluding steroid dienone is 2. The molecule has 0 bridgehead atoms. The van der Waals surface area contributed by atoms with Crippen LogP contribution in [-0.4, -0.2) is 203 Å². The number of alkyl halides is 7. The number of carboxylic acids is 1. The number of hydrogen-bond acceptors (Lipinski definition) is 15. The van der Waals surface area contributed by atoms with Gasteiger partial charge in [-0.05, 0) is 119 Å². The molecule has 4 radical (unpaired) electrons. The molecule has 120 heavy (non-hydrogen) atoms. The molecule has 17 nitrogen and oxygen atoms in total. The molecule has 6 N–H and O–H groups in total. The summed E-state index contributed by atoms with van der Waals surface area (Å²) in [7, 11) is 3.90. The molecule has 1 aliphatic heterocycles. The van der Waals surface area contributed by atoms with Crippen molar-refractivity contribution >= 4 is 84.6 Å². The minimum absolute atomic E-state index is 0.0171. The number of aliphatic hydroxyl groups is 4. The Kier molecular flexibility index (Phi) is 118. The molecule has 1 fully saturated rings. The van der Waals surface area contributed by atoms with E-state index in [-0.39, 0.29) is 62.5 Å². The first-order valence-electron chi connectivity index (χ1n) is 47.3. The maximum Gasteiger partial charge on any atom is 0.356 e. The van der Waals surface area contributed by atoms with Crippen molar-refractivity contribution in [3.63, 3.8) is 0 Å². The Morgan fingerprint density at radius 3 is 1.02 bits per heavy atom. The van der Waals surface area contributed by atoms with E-state index in [0.29, 0.717) is 64.1 Å². The average molecular weight is 1970 g/mol. The van der Waals surface area contributed by atoms with Crippen LogP contribution in [0.4, 0.5) is 22.0 Å². The second-order valence-electron chi connectivity index (χ2n) is 32.2. The number of aliphatic hydroxyl groups excluding tert-OH is 4. The lowest BCUT2D eigenvalue weighted by molar-refractivity contribution is -0.135. The van der Waals surface area contributed by atoms with Gasteiger partial charge in [-0.2, -0.15) is 0 Å². The highest BCUT2D eigenvalue weighted by molar-refractivity contribution is 9.10. The van der Waals surface area contributed by atoms with E-state index in [2.05, 4.69) is 47.8 Å². The zero-order chi connectivity index (χ0) is 90.8. The second-order valence-corrected chi connectivity index (χ2v) is 39.5. The summed E-state index contributed by atoms with van der Waals surface area (Å²) in [4.78, 5) is 19.1. The molecule has 0 aromatic carbocycles. The summed E-state index contributed by atoms with van der Waals surface area (Å²) in [5.74, 6) is -0.888. The highest BCUT2D eigenvalue weighted by Crippen LogP contribution is 2.51. The summed E-state index contributed by atoms with van der Waals surface area (Å²) >= 11 is 8.90. The Hall–Kier alpha value is 0.370. The van der Waals surface area contributed by atoms with E-state index in [9.17, 15) is 40.8 Å². The maximum atomic E-state index is 12.7. The molecule has 0 saturated carbocycles. The van der Waals surface area contributed by atoms with E-state index < -0.39 is 63.1 Å². The molecule has 1 heterocycles. The summed E-state index contributed by atoms with van der Waals surface area (Å²) in [6, 6.07) is 0. The van der Waals surface area contributed by atoms with Gasteiger partial charge in [0.25, 0.3) is 0 Å². The van der Waals surface area contributed by atoms with E-state index in [1.165, 1.54) is 271 Å². The van der Waals surface area contributed by atoms with Gasteiger partial charge >= 0.3 is 21.2 Å². The van der Waals surface area contributed by atoms with Crippen LogP contribution < -0.4 is 0 Å². The van der Waals surface area contributed by atoms with Crippen LogP contribution in [0, 0.1) is 0 Å². The standard InChI is InChI=1S/C24H47BFO6P.C23H45BFO5P.C19H39FO2.C16H33FO.C3H6BrF.C3H5BrO2.C3H7BrO/c1-23(26)16-13-11-9-7-5-3-2-4-6-8-10-12-14-17-30-18-15-19-32-33(28,29)22-31-24(20-25)21-27;1-22(25)15-12-10-8-6-4-2-3-5-7-9-11-13-16-27-17-14-18-29-31(26)21-28-23(19-24)20-30-31;1-19(20)15-12-10-8-6-4-2-3-5-7-9-11-13-17-22-18-14-16-21;1-16(17)14-12-10-8-6-4-2-3-5-7-9-11-13-15-18;1-3(5)2-4;1-2(4)3(5)6;1-3(4)2-5/h16,24,27H,2-15,17-22H2,1H3,(H,28,29);22-23H,2-21H2,1H3;19,21H,2-18H2,1H3;16,18H,2-15H2,1H3;3H,2H2,1H3;2H,1H3,(H,5,6);3,5H,2H2,1H3/b23-16+;;;;;;/t24-;22?,23-,31?;;;;;/m00...../s1. The van der Waals surface area contributed by atoms with Gasteiger partial charge in [0.05, 0.1) is 85.3 Å². The molecule has 0 amide bonds. The molecule has 1 rings (SSSR count). The monoisotopic (exact) mass is 1960 g/mol. The molecular weight excluding hydrogens is 1780 g/mol. The first-order chi connectivity index (χ1) is 57.7. The number of ether oxygens (including phenoxy) is 5. The van der Waals surface area contributed by atoms with E-state index in [4.69, 9.17) is 78.5 Å². The van der Waals surface area contributed by atoms with E-state index >= 15 is 0 Å². The quantitative estimate of drug-likeness (QED) is 0.0109. The molecule has 29 heteroatoms. The van der Waals surface area contributed by atoms with Gasteiger partial charge < -0.3 is 67.7 Å². The van der Waals surface area contributed by atoms with Crippen molar-refractivity contribution in [2.24, 2.45) is 0 Å². The fraction of sp³-hybridized carbons (Fsp3) is 0.967. The topological polar surface area (TPSA) is 246 Å². The zero-order valence-corrected chi connectivity index (χ0v) is 83.6. The van der Waals surface area contributed by atoms with Gasteiger partial charge in [0.15, 0.2) is 0 Å². The highest BCUT2D eigenvalue weighted by Gasteiger charge is 2.32. The first kappa shape index (κ1) is 131. The number of aliphatic carboxylic acids is 1. The van der Waals surface area contributed by atoms with Crippen molar-refractivity contribution in [2.45, 2.75) is 461 Å². The minimum atomic E-state index is -3.83. The predicted molar refractivity (Wildman–Crippen MR) is 506 cm³/mol. The summed E-state index contributed by atoms with van der Waals surface area (Å²) in [6.07, 6.45) is 63.6. The van der Waals surface area contributed by atoms with Gasteiger partial charge in [0, 0.05) is 63.0 Å². The lowest BCUT2D eigenvalue weighted by atomic mass is 10.0. The predicted octanol–water partition coefficient (Wildman–Crippen LogP) is 28.0. The number of carbonyl (C=O) groups is 1. The third-order valence-corrected chi connectivity index (χ3v) is 23.5. The Morgan fingerprint density at radius 2 is 0.767 bits per heavy atom. The van der Waals surface area contributed by atoms with Gasteiger partial charge in [-0.1, -0.05) is 350 Å². The van der Waals surface area contributed by atoms with Crippen molar-refractivity contribution in [1.29, 1.82) is 0 Å². The van der Waals surface area contributed by atoms with Crippen molar-refractivity contribution in [2.75, 3.05) is 104 Å². The van der Waals surface area contributed by atoms with Crippen molar-refractivity contribution in [1.82, 2.24) is 0 Å². The Balaban J connectivity index is -0.000000345. The zero-order valence-electron chi connectivity index (χ0n) is 77.1. The van der Waals surface area contributed by atoms with Crippen LogP contribution in [-0.2, 0) is 51.2 Å². The molecule has 1 saturated heterocycles. The highest BCUT2D eigenvalue weighted by atomic mass is 79.9. The van der Waals surface area contributed by atoms with Gasteiger partial charge in [-0.25, -0.2) is 22.0 Å². The van der Waals surface area contributed by atoms with Gasteiger partial charge in [-0.3, -0.25) is 13.9 Å². The third kappa shape index (κ3) is 127. The summed E-state index contributed by atoms with van der Waals surface area (Å²) in [5, 5.41) is 42.7. The average Bonchev–Trinajstić information content (AvgIpc) is 0.857. The normalized spacial score (nSPS) is 16.1. The smallest absolute Gasteiger partial charge is 0.356 e. The number of rotatable bonds is 81. The molecule has 0 aromatic rings. The molecule has 0 spiro atoms. The minimum Gasteiger partial charge on any atom is -0.480 e. The second kappa shape index (κ2) is 108. The molecule has 1 aliphatic rings. The Morgan fingerprint density at radius 1 is 0.475 bits per heavy atom. The first-order valence-corrected chi connectivity index (χ1v) is 53.7. The number of halogens is 8. The lowest BCUT2D eigenvalue weighted by Gasteiger charge is -2.28. The van der Waals surface area contributed by atoms with Crippen LogP contribution in [0.25, 0.3) is 0 Å². The lowest BCUT2D eigenvalue weighted by Crippen LogP contribution is -2.26. The molecule has 720 valence electrons. The SMILES string of the molecule is CC(Br)C(=O)O.CC(Br)CO.CC(F)CBr.CC(F)CCCCCCCCCCCCCCO.CC(F)CCCCCCCCCCCCCCOCCCO.[B]C[C@@H](CO)OCP(=O)(O)OCCCOCCCCCCCCCCCCCC/C=C(\C)F.[B]C[C@H]1COP(=O)(OCCCOCCCCCCCCCCCCCCC(C)F)CO1. The fourth-order valence-corrected chi connectivity index (χ4v) is 14.2. The van der Waals surface area contributed by atoms with Crippen LogP contribution in [0.1, 0.15) is 402 Å². The van der Waals surface area contributed by atoms with Gasteiger partial charge in [0.1, 0.15) is 23.7 Å². The summed E-state index contributed by atoms with van der Waals surface area (Å²) in [5.41, 5.74) is 0. The van der Waals surface area contributed by atoms with Crippen LogP contribution in [0.5, 0.6) is 0 Å². The number of unbranched alkanes of at least 4 members (excludes halogenated alkanes) is 45. The van der Waals surface area contributed by atoms with Gasteiger partial charge in [-0.15, -0.1) is 0 Å². The van der Waals surface area contributed by atoms with Crippen molar-refractivity contribution in [3.8, 4) is 0 Å². The molecule has 10 atom stereocenters. The van der Waals surface area contributed by atoms with Gasteiger partial charge in [0.2, 0.25) is 0 Å². The van der Waals surface area contributed by atoms with Crippen LogP contribution >= 0.6 is 63.0 Å². The summed E-state index contributed by atoms with van der Waals surface area (Å²) < 4.78 is 128. The van der Waals surface area contributed by atoms with Crippen LogP contribution in [0.3, 0.4) is 0 Å². The molecule has 0 aliphatic carbocycles. The largest absolute Gasteiger partial charge is 0.480 e. The number of carboxylic acid groups (broad SMARTS) is 1. The Bertz CT molecular complexity index is 2060. The molecule has 0 aromatic heterocycles. The van der Waals surface area contributed by atoms with E-state index in [1.807, 2.05) is 6.92 Å². The van der Waals surface area contributed by atoms with Crippen molar-refractivity contribution < 1.29 is 104 Å². The third-order valence-electron chi connectivity index (χ3n) is 19.3. The van der Waals surface area contributed by atoms with E-state index in [1.54, 1.807) is 33.8 Å². The van der Waals surface area contributed by atoms with Crippen LogP contribution in [0.15, 0.2) is 11.9 Å². The fourth-order valence-electron chi connectivity index (χ4n) is 11.8. The van der Waals surface area contributed by atoms with E-state index in [0.717, 1.165) is 96.7 Å². The summed E-state index contributed by atoms with van der Waals surface area (Å²) in [6.45, 7) is 16.8.